The SMILES string of the molecule is COC(=O)Oc1ccc(/C=N\NC(=O)CN(c2ccccc2OC)S(=O)(=O)c2ccc(OC)cc2)cc1OC. The molecule has 0 aliphatic rings. The number of methoxy groups -OCH3 is 4. The van der Waals surface area contributed by atoms with Crippen LogP contribution < -0.4 is 28.7 Å². The molecule has 0 unspecified atom stereocenters. The van der Waals surface area contributed by atoms with E-state index in [2.05, 4.69) is 15.3 Å². The molecule has 206 valence electrons. The minimum Gasteiger partial charge on any atom is -0.497 e. The molecule has 1 N–H and O–H groups in total. The molecule has 0 saturated heterocycles. The van der Waals surface area contributed by atoms with Gasteiger partial charge in [0.05, 0.1) is 45.2 Å². The van der Waals surface area contributed by atoms with Crippen molar-refractivity contribution in [3.05, 3.63) is 72.3 Å². The second-order valence-electron chi connectivity index (χ2n) is 7.62. The monoisotopic (exact) mass is 557 g/mol. The van der Waals surface area contributed by atoms with Gasteiger partial charge in [0.1, 0.15) is 18.0 Å². The highest BCUT2D eigenvalue weighted by molar-refractivity contribution is 7.92. The smallest absolute Gasteiger partial charge is 0.497 e. The molecule has 3 rings (SSSR count). The highest BCUT2D eigenvalue weighted by atomic mass is 32.2. The molecular weight excluding hydrogens is 530 g/mol. The largest absolute Gasteiger partial charge is 0.513 e. The van der Waals surface area contributed by atoms with Gasteiger partial charge >= 0.3 is 6.16 Å². The first-order chi connectivity index (χ1) is 18.7. The second kappa shape index (κ2) is 13.1. The summed E-state index contributed by atoms with van der Waals surface area (Å²) >= 11 is 0. The number of anilines is 1. The van der Waals surface area contributed by atoms with E-state index in [1.807, 2.05) is 0 Å². The maximum Gasteiger partial charge on any atom is 0.513 e. The summed E-state index contributed by atoms with van der Waals surface area (Å²) in [4.78, 5) is 24.2. The first kappa shape index (κ1) is 28.8. The normalized spacial score (nSPS) is 11.0. The molecule has 0 aromatic heterocycles. The Bertz CT molecular complexity index is 1440. The first-order valence-electron chi connectivity index (χ1n) is 11.3. The van der Waals surface area contributed by atoms with Crippen molar-refractivity contribution >= 4 is 34.0 Å². The summed E-state index contributed by atoms with van der Waals surface area (Å²) in [5, 5.41) is 3.91. The van der Waals surface area contributed by atoms with Crippen molar-refractivity contribution in [3.8, 4) is 23.0 Å². The van der Waals surface area contributed by atoms with Crippen LogP contribution in [0.15, 0.2) is 76.7 Å². The van der Waals surface area contributed by atoms with Crippen molar-refractivity contribution in [1.29, 1.82) is 0 Å². The third kappa shape index (κ3) is 7.17. The molecule has 3 aromatic rings. The molecule has 0 aliphatic heterocycles. The maximum absolute atomic E-state index is 13.6. The van der Waals surface area contributed by atoms with E-state index in [1.165, 1.54) is 77.1 Å². The van der Waals surface area contributed by atoms with Crippen molar-refractivity contribution < 1.29 is 41.7 Å². The van der Waals surface area contributed by atoms with Crippen LogP contribution in [0, 0.1) is 0 Å². The minimum absolute atomic E-state index is 0.0492. The van der Waals surface area contributed by atoms with Crippen molar-refractivity contribution in [2.75, 3.05) is 39.3 Å². The quantitative estimate of drug-likeness (QED) is 0.163. The number of hydrazone groups is 1. The number of hydrogen-bond acceptors (Lipinski definition) is 10. The molecule has 3 aromatic carbocycles. The number of carbonyl (C=O) groups is 2. The molecule has 0 saturated carbocycles. The molecule has 12 nitrogen and oxygen atoms in total. The molecule has 13 heteroatoms. The Kier molecular flexibility index (Phi) is 9.70. The topological polar surface area (TPSA) is 142 Å². The zero-order valence-electron chi connectivity index (χ0n) is 21.6. The Morgan fingerprint density at radius 1 is 0.872 bits per heavy atom. The lowest BCUT2D eigenvalue weighted by Crippen LogP contribution is -2.39. The number of para-hydroxylation sites is 2. The number of nitrogens with zero attached hydrogens (tertiary/aromatic N) is 2. The van der Waals surface area contributed by atoms with Crippen LogP contribution in [0.1, 0.15) is 5.56 Å². The lowest BCUT2D eigenvalue weighted by molar-refractivity contribution is -0.119. The molecule has 0 aliphatic carbocycles. The summed E-state index contributed by atoms with van der Waals surface area (Å²) < 4.78 is 53.2. The first-order valence-corrected chi connectivity index (χ1v) is 12.7. The molecule has 0 heterocycles. The van der Waals surface area contributed by atoms with Crippen LogP contribution in [0.3, 0.4) is 0 Å². The predicted molar refractivity (Wildman–Crippen MR) is 142 cm³/mol. The Morgan fingerprint density at radius 3 is 2.21 bits per heavy atom. The van der Waals surface area contributed by atoms with Gasteiger partial charge in [-0.2, -0.15) is 5.10 Å². The predicted octanol–water partition coefficient (Wildman–Crippen LogP) is 3.20. The van der Waals surface area contributed by atoms with Gasteiger partial charge in [0.15, 0.2) is 11.5 Å². The Balaban J connectivity index is 1.83. The van der Waals surface area contributed by atoms with E-state index in [4.69, 9.17) is 18.9 Å². The number of benzene rings is 3. The van der Waals surface area contributed by atoms with Gasteiger partial charge in [0, 0.05) is 0 Å². The summed E-state index contributed by atoms with van der Waals surface area (Å²) in [6.07, 6.45) is 0.402. The second-order valence-corrected chi connectivity index (χ2v) is 9.48. The molecule has 0 fully saturated rings. The van der Waals surface area contributed by atoms with Gasteiger partial charge in [-0.25, -0.2) is 18.6 Å². The van der Waals surface area contributed by atoms with E-state index in [0.29, 0.717) is 11.3 Å². The number of ether oxygens (including phenoxy) is 5. The van der Waals surface area contributed by atoms with Gasteiger partial charge in [0.25, 0.3) is 15.9 Å². The van der Waals surface area contributed by atoms with Gasteiger partial charge in [-0.3, -0.25) is 9.10 Å². The van der Waals surface area contributed by atoms with E-state index >= 15 is 0 Å². The van der Waals surface area contributed by atoms with Crippen LogP contribution in [0.4, 0.5) is 10.5 Å². The number of carbonyl (C=O) groups excluding carboxylic acids is 2. The minimum atomic E-state index is -4.19. The lowest BCUT2D eigenvalue weighted by atomic mass is 10.2. The van der Waals surface area contributed by atoms with Gasteiger partial charge < -0.3 is 23.7 Å². The number of sulfonamides is 1. The average molecular weight is 558 g/mol. The molecular formula is C26H27N3O9S. The molecule has 0 radical (unpaired) electrons. The van der Waals surface area contributed by atoms with Crippen LogP contribution in [0.25, 0.3) is 0 Å². The van der Waals surface area contributed by atoms with Crippen LogP contribution in [0.2, 0.25) is 0 Å². The fourth-order valence-electron chi connectivity index (χ4n) is 3.34. The average Bonchev–Trinajstić information content (AvgIpc) is 2.96. The summed E-state index contributed by atoms with van der Waals surface area (Å²) in [5.41, 5.74) is 2.99. The summed E-state index contributed by atoms with van der Waals surface area (Å²) in [6, 6.07) is 16.7. The number of amides is 1. The number of rotatable bonds is 11. The van der Waals surface area contributed by atoms with Crippen molar-refractivity contribution in [2.24, 2.45) is 5.10 Å². The van der Waals surface area contributed by atoms with Gasteiger partial charge in [-0.1, -0.05) is 12.1 Å². The van der Waals surface area contributed by atoms with Gasteiger partial charge in [0.2, 0.25) is 0 Å². The van der Waals surface area contributed by atoms with E-state index in [1.54, 1.807) is 24.3 Å². The van der Waals surface area contributed by atoms with Crippen LogP contribution >= 0.6 is 0 Å². The van der Waals surface area contributed by atoms with E-state index in [9.17, 15) is 18.0 Å². The Morgan fingerprint density at radius 2 is 1.56 bits per heavy atom. The van der Waals surface area contributed by atoms with Gasteiger partial charge in [-0.05, 0) is 60.2 Å². The van der Waals surface area contributed by atoms with E-state index in [-0.39, 0.29) is 27.8 Å². The summed E-state index contributed by atoms with van der Waals surface area (Å²) in [7, 11) is 1.24. The third-order valence-electron chi connectivity index (χ3n) is 5.24. The number of nitrogens with one attached hydrogen (secondary N) is 1. The fraction of sp³-hybridized carbons (Fsp3) is 0.192. The van der Waals surface area contributed by atoms with E-state index < -0.39 is 28.6 Å². The van der Waals surface area contributed by atoms with Crippen LogP contribution in [0.5, 0.6) is 23.0 Å². The Hall–Kier alpha value is -4.78. The summed E-state index contributed by atoms with van der Waals surface area (Å²) in [6.45, 7) is -0.596. The van der Waals surface area contributed by atoms with Crippen LogP contribution in [-0.4, -0.2) is 61.7 Å². The zero-order chi connectivity index (χ0) is 28.4. The zero-order valence-corrected chi connectivity index (χ0v) is 22.4. The fourth-order valence-corrected chi connectivity index (χ4v) is 4.77. The molecule has 39 heavy (non-hydrogen) atoms. The Labute approximate surface area is 225 Å². The highest BCUT2D eigenvalue weighted by Gasteiger charge is 2.29. The third-order valence-corrected chi connectivity index (χ3v) is 7.01. The lowest BCUT2D eigenvalue weighted by Gasteiger charge is -2.25. The maximum atomic E-state index is 13.6. The molecule has 1 amide bonds. The van der Waals surface area contributed by atoms with Crippen LogP contribution in [-0.2, 0) is 19.6 Å². The van der Waals surface area contributed by atoms with Gasteiger partial charge in [-0.15, -0.1) is 0 Å². The highest BCUT2D eigenvalue weighted by Crippen LogP contribution is 2.32. The number of hydrogen-bond donors (Lipinski definition) is 1. The molecule has 0 spiro atoms. The summed E-state index contributed by atoms with van der Waals surface area (Å²) in [5.74, 6) is 0.371. The van der Waals surface area contributed by atoms with E-state index in [0.717, 1.165) is 4.31 Å². The van der Waals surface area contributed by atoms with Crippen molar-refractivity contribution in [2.45, 2.75) is 4.90 Å². The molecule has 0 bridgehead atoms. The van der Waals surface area contributed by atoms with Crippen molar-refractivity contribution in [1.82, 2.24) is 5.43 Å². The van der Waals surface area contributed by atoms with Crippen molar-refractivity contribution in [3.63, 3.8) is 0 Å². The molecule has 0 atom stereocenters. The standard InChI is InChI=1S/C26H27N3O9S/c1-34-19-10-12-20(13-11-19)39(32,33)29(21-7-5-6-8-22(21)35-2)17-25(30)28-27-16-18-9-14-23(24(15-18)36-3)38-26(31)37-4/h5-16H,17H2,1-4H3,(H,28,30)/b27-16-.